The molecular formula is C24H23FN6O2S. The standard InChI is InChI=1S/C24H23FN6O2S/c1-13(2)17-7-5-6-8-21(17)31-14(3)26-22(30-31)23(33)29-24-28-20(12-34-24)18-10-9-16(11-19(18)25)27-15(4)32/h5-13H,1-4H3,(H,27,32)(H,28,29,33). The summed E-state index contributed by atoms with van der Waals surface area (Å²) >= 11 is 1.16. The van der Waals surface area contributed by atoms with Crippen LogP contribution in [0.3, 0.4) is 0 Å². The molecule has 2 aromatic carbocycles. The van der Waals surface area contributed by atoms with E-state index in [0.29, 0.717) is 22.3 Å². The zero-order valence-electron chi connectivity index (χ0n) is 19.1. The van der Waals surface area contributed by atoms with E-state index in [4.69, 9.17) is 0 Å². The summed E-state index contributed by atoms with van der Waals surface area (Å²) in [6.07, 6.45) is 0. The van der Waals surface area contributed by atoms with Crippen molar-refractivity contribution < 1.29 is 14.0 Å². The van der Waals surface area contributed by atoms with E-state index in [-0.39, 0.29) is 23.2 Å². The van der Waals surface area contributed by atoms with Crippen LogP contribution in [0.5, 0.6) is 0 Å². The molecule has 0 saturated carbocycles. The first-order chi connectivity index (χ1) is 16.2. The van der Waals surface area contributed by atoms with Gasteiger partial charge in [0.1, 0.15) is 11.6 Å². The molecule has 0 saturated heterocycles. The van der Waals surface area contributed by atoms with Gasteiger partial charge in [-0.05, 0) is 42.7 Å². The Balaban J connectivity index is 1.53. The average Bonchev–Trinajstić information content (AvgIpc) is 3.40. The Labute approximate surface area is 199 Å². The number of carbonyl (C=O) groups is 2. The molecule has 0 aliphatic rings. The Kier molecular flexibility index (Phi) is 6.51. The van der Waals surface area contributed by atoms with Gasteiger partial charge in [-0.1, -0.05) is 32.0 Å². The van der Waals surface area contributed by atoms with Gasteiger partial charge in [0.15, 0.2) is 5.13 Å². The largest absolute Gasteiger partial charge is 0.326 e. The highest BCUT2D eigenvalue weighted by Gasteiger charge is 2.19. The predicted molar refractivity (Wildman–Crippen MR) is 130 cm³/mol. The minimum atomic E-state index is -0.533. The molecule has 0 aliphatic carbocycles. The van der Waals surface area contributed by atoms with Gasteiger partial charge in [-0.25, -0.2) is 19.0 Å². The van der Waals surface area contributed by atoms with E-state index in [9.17, 15) is 14.0 Å². The molecule has 0 fully saturated rings. The monoisotopic (exact) mass is 478 g/mol. The van der Waals surface area contributed by atoms with Gasteiger partial charge >= 0.3 is 0 Å². The van der Waals surface area contributed by atoms with E-state index in [1.807, 2.05) is 24.3 Å². The molecule has 0 unspecified atom stereocenters. The molecule has 0 radical (unpaired) electrons. The number of hydrogen-bond donors (Lipinski definition) is 2. The Bertz CT molecular complexity index is 1380. The van der Waals surface area contributed by atoms with Crippen LogP contribution in [0.15, 0.2) is 47.8 Å². The number of halogens is 1. The van der Waals surface area contributed by atoms with Crippen LogP contribution in [0.1, 0.15) is 48.7 Å². The summed E-state index contributed by atoms with van der Waals surface area (Å²) in [6.45, 7) is 7.32. The van der Waals surface area contributed by atoms with E-state index >= 15 is 0 Å². The van der Waals surface area contributed by atoms with Crippen molar-refractivity contribution in [2.75, 3.05) is 10.6 Å². The molecule has 4 rings (SSSR count). The van der Waals surface area contributed by atoms with Crippen molar-refractivity contribution in [1.29, 1.82) is 0 Å². The van der Waals surface area contributed by atoms with Crippen LogP contribution in [-0.4, -0.2) is 31.6 Å². The van der Waals surface area contributed by atoms with Crippen molar-refractivity contribution in [2.45, 2.75) is 33.6 Å². The molecule has 8 nitrogen and oxygen atoms in total. The summed E-state index contributed by atoms with van der Waals surface area (Å²) in [6, 6.07) is 12.2. The fourth-order valence-electron chi connectivity index (χ4n) is 3.49. The van der Waals surface area contributed by atoms with Crippen molar-refractivity contribution in [3.05, 3.63) is 70.9 Å². The van der Waals surface area contributed by atoms with Gasteiger partial charge in [0.2, 0.25) is 11.7 Å². The average molecular weight is 479 g/mol. The van der Waals surface area contributed by atoms with Crippen molar-refractivity contribution >= 4 is 34.0 Å². The third-order valence-corrected chi connectivity index (χ3v) is 5.81. The lowest BCUT2D eigenvalue weighted by Crippen LogP contribution is -2.14. The molecule has 4 aromatic rings. The van der Waals surface area contributed by atoms with Gasteiger partial charge in [-0.15, -0.1) is 16.4 Å². The second-order valence-corrected chi connectivity index (χ2v) is 8.83. The number of aromatic nitrogens is 4. The van der Waals surface area contributed by atoms with Crippen molar-refractivity contribution in [2.24, 2.45) is 0 Å². The number of benzene rings is 2. The smallest absolute Gasteiger partial charge is 0.297 e. The summed E-state index contributed by atoms with van der Waals surface area (Å²) in [5, 5.41) is 11.6. The lowest BCUT2D eigenvalue weighted by molar-refractivity contribution is -0.114. The maximum atomic E-state index is 14.5. The molecule has 2 aromatic heterocycles. The van der Waals surface area contributed by atoms with Gasteiger partial charge in [0, 0.05) is 23.6 Å². The topological polar surface area (TPSA) is 102 Å². The summed E-state index contributed by atoms with van der Waals surface area (Å²) in [7, 11) is 0. The van der Waals surface area contributed by atoms with Crippen LogP contribution in [-0.2, 0) is 4.79 Å². The maximum Gasteiger partial charge on any atom is 0.297 e. The fourth-order valence-corrected chi connectivity index (χ4v) is 4.20. The van der Waals surface area contributed by atoms with E-state index in [1.165, 1.54) is 19.1 Å². The van der Waals surface area contributed by atoms with Gasteiger partial charge in [0.25, 0.3) is 5.91 Å². The molecule has 0 bridgehead atoms. The molecule has 0 spiro atoms. The van der Waals surface area contributed by atoms with Gasteiger partial charge in [0.05, 0.1) is 11.4 Å². The molecule has 10 heteroatoms. The van der Waals surface area contributed by atoms with Crippen molar-refractivity contribution in [1.82, 2.24) is 19.7 Å². The number of thiazole rings is 1. The third-order valence-electron chi connectivity index (χ3n) is 5.05. The van der Waals surface area contributed by atoms with E-state index in [1.54, 1.807) is 23.1 Å². The maximum absolute atomic E-state index is 14.5. The third kappa shape index (κ3) is 4.86. The molecule has 2 N–H and O–H groups in total. The lowest BCUT2D eigenvalue weighted by Gasteiger charge is -2.12. The molecule has 174 valence electrons. The quantitative estimate of drug-likeness (QED) is 0.398. The molecule has 0 aliphatic heterocycles. The minimum Gasteiger partial charge on any atom is -0.326 e. The van der Waals surface area contributed by atoms with Crippen LogP contribution in [0.2, 0.25) is 0 Å². The normalized spacial score (nSPS) is 11.0. The van der Waals surface area contributed by atoms with Gasteiger partial charge in [-0.3, -0.25) is 14.9 Å². The molecule has 2 heterocycles. The Hall–Kier alpha value is -3.92. The number of rotatable bonds is 6. The highest BCUT2D eigenvalue weighted by Crippen LogP contribution is 2.29. The number of nitrogens with one attached hydrogen (secondary N) is 2. The molecule has 0 atom stereocenters. The Morgan fingerprint density at radius 1 is 1.09 bits per heavy atom. The van der Waals surface area contributed by atoms with E-state index in [0.717, 1.165) is 22.6 Å². The summed E-state index contributed by atoms with van der Waals surface area (Å²) < 4.78 is 16.2. The molecular weight excluding hydrogens is 455 g/mol. The van der Waals surface area contributed by atoms with Crippen LogP contribution < -0.4 is 10.6 Å². The Morgan fingerprint density at radius 3 is 2.56 bits per heavy atom. The highest BCUT2D eigenvalue weighted by molar-refractivity contribution is 7.14. The number of carbonyl (C=O) groups excluding carboxylic acids is 2. The van der Waals surface area contributed by atoms with Gasteiger partial charge in [-0.2, -0.15) is 0 Å². The number of hydrogen-bond acceptors (Lipinski definition) is 6. The first-order valence-corrected chi connectivity index (χ1v) is 11.5. The van der Waals surface area contributed by atoms with Crippen molar-refractivity contribution in [3.63, 3.8) is 0 Å². The molecule has 34 heavy (non-hydrogen) atoms. The predicted octanol–water partition coefficient (Wildman–Crippen LogP) is 5.17. The number of nitrogens with zero attached hydrogens (tertiary/aromatic N) is 4. The number of aryl methyl sites for hydroxylation is 1. The van der Waals surface area contributed by atoms with Crippen LogP contribution in [0.25, 0.3) is 16.9 Å². The lowest BCUT2D eigenvalue weighted by atomic mass is 10.0. The van der Waals surface area contributed by atoms with Crippen molar-refractivity contribution in [3.8, 4) is 16.9 Å². The second kappa shape index (κ2) is 9.52. The molecule has 2 amide bonds. The number of anilines is 2. The SMILES string of the molecule is CC(=O)Nc1ccc(-c2csc(NC(=O)c3nc(C)n(-c4ccccc4C(C)C)n3)n2)c(F)c1. The highest BCUT2D eigenvalue weighted by atomic mass is 32.1. The van der Waals surface area contributed by atoms with Crippen LogP contribution in [0, 0.1) is 12.7 Å². The number of para-hydroxylation sites is 1. The van der Waals surface area contributed by atoms with E-state index < -0.39 is 11.7 Å². The first kappa shape index (κ1) is 23.2. The Morgan fingerprint density at radius 2 is 1.85 bits per heavy atom. The minimum absolute atomic E-state index is 0.0126. The van der Waals surface area contributed by atoms with E-state index in [2.05, 4.69) is 39.5 Å². The second-order valence-electron chi connectivity index (χ2n) is 7.98. The van der Waals surface area contributed by atoms with Crippen LogP contribution in [0.4, 0.5) is 15.2 Å². The summed E-state index contributed by atoms with van der Waals surface area (Å²) in [4.78, 5) is 32.6. The fraction of sp³-hybridized carbons (Fsp3) is 0.208. The summed E-state index contributed by atoms with van der Waals surface area (Å²) in [5.41, 5.74) is 2.95. The first-order valence-electron chi connectivity index (χ1n) is 10.6. The zero-order chi connectivity index (χ0) is 24.4. The van der Waals surface area contributed by atoms with Crippen LogP contribution >= 0.6 is 11.3 Å². The number of amides is 2. The zero-order valence-corrected chi connectivity index (χ0v) is 19.9. The summed E-state index contributed by atoms with van der Waals surface area (Å²) in [5.74, 6) is -0.457. The van der Waals surface area contributed by atoms with Gasteiger partial charge < -0.3 is 5.32 Å².